The van der Waals surface area contributed by atoms with E-state index in [9.17, 15) is 4.79 Å². The average molecular weight is 505 g/mol. The second-order valence-electron chi connectivity index (χ2n) is 8.90. The Hall–Kier alpha value is -5.19. The van der Waals surface area contributed by atoms with Crippen LogP contribution in [0.3, 0.4) is 0 Å². The number of nitrogens with zero attached hydrogens (tertiary/aromatic N) is 7. The highest BCUT2D eigenvalue weighted by atomic mass is 16.1. The van der Waals surface area contributed by atoms with E-state index in [0.29, 0.717) is 29.3 Å². The molecule has 0 spiro atoms. The summed E-state index contributed by atoms with van der Waals surface area (Å²) in [5, 5.41) is 14.8. The molecule has 1 amide bonds. The molecule has 6 rings (SSSR count). The van der Waals surface area contributed by atoms with Gasteiger partial charge in [0.1, 0.15) is 17.6 Å². The molecule has 188 valence electrons. The van der Waals surface area contributed by atoms with Crippen molar-refractivity contribution in [2.24, 2.45) is 4.99 Å². The Labute approximate surface area is 217 Å². The molecule has 1 unspecified atom stereocenters. The monoisotopic (exact) mass is 504 g/mol. The van der Waals surface area contributed by atoms with Gasteiger partial charge >= 0.3 is 0 Å². The number of hydrogen-bond acceptors (Lipinski definition) is 8. The summed E-state index contributed by atoms with van der Waals surface area (Å²) in [6, 6.07) is 5.39. The van der Waals surface area contributed by atoms with Gasteiger partial charge < -0.3 is 15.2 Å². The molecule has 1 atom stereocenters. The van der Waals surface area contributed by atoms with Crippen LogP contribution in [0.25, 0.3) is 33.5 Å². The SMILES string of the molecule is C=NC1C=C(c2n[nH]c3cnc(-c4cncc(NC(=O)CC)c4)cc23)Nc2nccc(-n3cnc(C)c3)c21. The van der Waals surface area contributed by atoms with Crippen molar-refractivity contribution in [3.05, 3.63) is 78.5 Å². The summed E-state index contributed by atoms with van der Waals surface area (Å²) in [5.74, 6) is 0.600. The van der Waals surface area contributed by atoms with Gasteiger partial charge in [-0.05, 0) is 37.9 Å². The van der Waals surface area contributed by atoms with Crippen molar-refractivity contribution in [1.29, 1.82) is 0 Å². The third-order valence-electron chi connectivity index (χ3n) is 6.37. The van der Waals surface area contributed by atoms with Gasteiger partial charge in [0.15, 0.2) is 0 Å². The van der Waals surface area contributed by atoms with E-state index in [2.05, 4.69) is 52.5 Å². The molecule has 0 fully saturated rings. The van der Waals surface area contributed by atoms with Crippen molar-refractivity contribution >= 4 is 40.7 Å². The van der Waals surface area contributed by atoms with Crippen LogP contribution in [0.2, 0.25) is 0 Å². The largest absolute Gasteiger partial charge is 0.338 e. The van der Waals surface area contributed by atoms with E-state index in [1.165, 1.54) is 0 Å². The zero-order valence-electron chi connectivity index (χ0n) is 20.8. The number of nitrogens with one attached hydrogen (secondary N) is 3. The van der Waals surface area contributed by atoms with E-state index in [4.69, 9.17) is 0 Å². The van der Waals surface area contributed by atoms with Crippen molar-refractivity contribution in [3.8, 4) is 16.9 Å². The number of imidazole rings is 1. The van der Waals surface area contributed by atoms with Gasteiger partial charge in [0, 0.05) is 41.5 Å². The quantitative estimate of drug-likeness (QED) is 0.290. The number of rotatable bonds is 6. The molecule has 38 heavy (non-hydrogen) atoms. The third kappa shape index (κ3) is 4.09. The normalized spacial score (nSPS) is 14.5. The van der Waals surface area contributed by atoms with Crippen molar-refractivity contribution in [2.45, 2.75) is 26.3 Å². The maximum atomic E-state index is 11.8. The maximum absolute atomic E-state index is 11.8. The number of pyridine rings is 3. The minimum absolute atomic E-state index is 0.0783. The van der Waals surface area contributed by atoms with Crippen LogP contribution < -0.4 is 10.6 Å². The number of aromatic nitrogens is 7. The minimum Gasteiger partial charge on any atom is -0.338 e. The van der Waals surface area contributed by atoms with Crippen molar-refractivity contribution in [2.75, 3.05) is 10.6 Å². The zero-order valence-corrected chi connectivity index (χ0v) is 20.8. The van der Waals surface area contributed by atoms with Gasteiger partial charge in [-0.3, -0.25) is 24.9 Å². The van der Waals surface area contributed by atoms with Crippen LogP contribution >= 0.6 is 0 Å². The summed E-state index contributed by atoms with van der Waals surface area (Å²) in [6.45, 7) is 7.59. The summed E-state index contributed by atoms with van der Waals surface area (Å²) in [7, 11) is 0. The summed E-state index contributed by atoms with van der Waals surface area (Å²) in [5.41, 5.74) is 7.08. The first-order valence-electron chi connectivity index (χ1n) is 12.1. The predicted molar refractivity (Wildman–Crippen MR) is 146 cm³/mol. The van der Waals surface area contributed by atoms with Gasteiger partial charge in [-0.25, -0.2) is 9.97 Å². The van der Waals surface area contributed by atoms with Crippen molar-refractivity contribution < 1.29 is 4.79 Å². The van der Waals surface area contributed by atoms with Crippen LogP contribution in [0, 0.1) is 6.92 Å². The van der Waals surface area contributed by atoms with Crippen molar-refractivity contribution in [1.82, 2.24) is 34.7 Å². The molecule has 0 saturated heterocycles. The molecule has 0 aliphatic carbocycles. The average Bonchev–Trinajstić information content (AvgIpc) is 3.58. The number of aliphatic imine (C=N–C) groups is 1. The molecule has 0 saturated carbocycles. The number of hydrogen-bond donors (Lipinski definition) is 3. The lowest BCUT2D eigenvalue weighted by Crippen LogP contribution is -2.15. The highest BCUT2D eigenvalue weighted by Crippen LogP contribution is 2.39. The number of carbonyl (C=O) groups excluding carboxylic acids is 1. The number of anilines is 2. The fourth-order valence-corrected chi connectivity index (χ4v) is 4.50. The number of carbonyl (C=O) groups is 1. The molecule has 11 nitrogen and oxygen atoms in total. The van der Waals surface area contributed by atoms with Crippen LogP contribution in [0.4, 0.5) is 11.5 Å². The summed E-state index contributed by atoms with van der Waals surface area (Å²) in [6.07, 6.45) is 12.9. The molecular formula is C27H24N10O. The zero-order chi connectivity index (χ0) is 26.2. The highest BCUT2D eigenvalue weighted by molar-refractivity contribution is 5.96. The fraction of sp³-hybridized carbons (Fsp3) is 0.148. The first-order chi connectivity index (χ1) is 18.5. The molecule has 5 aromatic rings. The van der Waals surface area contributed by atoms with Gasteiger partial charge in [-0.15, -0.1) is 0 Å². The smallest absolute Gasteiger partial charge is 0.224 e. The Kier molecular flexibility index (Phi) is 5.72. The number of amides is 1. The number of aryl methyl sites for hydroxylation is 1. The van der Waals surface area contributed by atoms with Gasteiger partial charge in [-0.1, -0.05) is 6.92 Å². The molecule has 1 aliphatic heterocycles. The lowest BCUT2D eigenvalue weighted by Gasteiger charge is -2.24. The molecule has 0 aromatic carbocycles. The lowest BCUT2D eigenvalue weighted by atomic mass is 9.99. The topological polar surface area (TPSA) is 139 Å². The van der Waals surface area contributed by atoms with E-state index < -0.39 is 0 Å². The molecule has 6 heterocycles. The van der Waals surface area contributed by atoms with Crippen molar-refractivity contribution in [3.63, 3.8) is 0 Å². The van der Waals surface area contributed by atoms with Crippen LogP contribution in [0.15, 0.2) is 66.6 Å². The van der Waals surface area contributed by atoms with E-state index in [1.807, 2.05) is 42.0 Å². The Bertz CT molecular complexity index is 1730. The Morgan fingerprint density at radius 2 is 2.11 bits per heavy atom. The number of fused-ring (bicyclic) bond motifs is 2. The van der Waals surface area contributed by atoms with E-state index in [1.54, 1.807) is 38.0 Å². The van der Waals surface area contributed by atoms with Gasteiger partial charge in [-0.2, -0.15) is 5.10 Å². The van der Waals surface area contributed by atoms with Gasteiger partial charge in [0.05, 0.1) is 52.7 Å². The van der Waals surface area contributed by atoms with Gasteiger partial charge in [0.2, 0.25) is 5.91 Å². The molecular weight excluding hydrogens is 480 g/mol. The molecule has 3 N–H and O–H groups in total. The summed E-state index contributed by atoms with van der Waals surface area (Å²) in [4.78, 5) is 34.0. The molecule has 0 bridgehead atoms. The summed E-state index contributed by atoms with van der Waals surface area (Å²) < 4.78 is 1.96. The fourth-order valence-electron chi connectivity index (χ4n) is 4.50. The lowest BCUT2D eigenvalue weighted by molar-refractivity contribution is -0.115. The van der Waals surface area contributed by atoms with Crippen LogP contribution in [0.5, 0.6) is 0 Å². The maximum Gasteiger partial charge on any atom is 0.224 e. The minimum atomic E-state index is -0.344. The van der Waals surface area contributed by atoms with E-state index in [-0.39, 0.29) is 11.9 Å². The second kappa shape index (κ2) is 9.36. The van der Waals surface area contributed by atoms with E-state index >= 15 is 0 Å². The number of H-pyrrole nitrogens is 1. The standard InChI is InChI=1S/C27H24N10O/c1-4-24(38)33-17-7-16(10-29-11-17)19-8-18-22(12-31-19)35-36-26(18)21-9-20(28-3)25-23(5-6-30-27(25)34-21)37-13-15(2)32-14-37/h5-14,20H,3-4H2,1-2H3,(H,30,34)(H,33,38)(H,35,36). The molecule has 11 heteroatoms. The first-order valence-corrected chi connectivity index (χ1v) is 12.1. The van der Waals surface area contributed by atoms with E-state index in [0.717, 1.165) is 39.1 Å². The Morgan fingerprint density at radius 3 is 2.89 bits per heavy atom. The molecule has 5 aromatic heterocycles. The molecule has 1 aliphatic rings. The Balaban J connectivity index is 1.39. The highest BCUT2D eigenvalue weighted by Gasteiger charge is 2.26. The van der Waals surface area contributed by atoms with Crippen LogP contribution in [-0.4, -0.2) is 47.3 Å². The number of aromatic amines is 1. The first kappa shape index (κ1) is 23.2. The Morgan fingerprint density at radius 1 is 1.21 bits per heavy atom. The van der Waals surface area contributed by atoms with Crippen LogP contribution in [-0.2, 0) is 4.79 Å². The van der Waals surface area contributed by atoms with Crippen LogP contribution in [0.1, 0.15) is 36.3 Å². The third-order valence-corrected chi connectivity index (χ3v) is 6.37. The second-order valence-corrected chi connectivity index (χ2v) is 8.90. The summed E-state index contributed by atoms with van der Waals surface area (Å²) >= 11 is 0. The van der Waals surface area contributed by atoms with Gasteiger partial charge in [0.25, 0.3) is 0 Å². The molecule has 0 radical (unpaired) electrons. The predicted octanol–water partition coefficient (Wildman–Crippen LogP) is 4.47.